The Morgan fingerprint density at radius 2 is 1.69 bits per heavy atom. The van der Waals surface area contributed by atoms with E-state index in [0.717, 1.165) is 28.0 Å². The van der Waals surface area contributed by atoms with E-state index in [9.17, 15) is 9.59 Å². The van der Waals surface area contributed by atoms with Gasteiger partial charge in [0.05, 0.1) is 5.75 Å². The third-order valence-electron chi connectivity index (χ3n) is 6.01. The minimum atomic E-state index is -0.695. The van der Waals surface area contributed by atoms with E-state index in [2.05, 4.69) is 5.32 Å². The monoisotopic (exact) mass is 542 g/mol. The maximum atomic E-state index is 13.7. The Labute approximate surface area is 228 Å². The summed E-state index contributed by atoms with van der Waals surface area (Å²) in [6.07, 6.45) is 1.19. The number of benzene rings is 3. The maximum Gasteiger partial charge on any atom is 0.243 e. The van der Waals surface area contributed by atoms with Crippen LogP contribution in [0.2, 0.25) is 10.0 Å². The molecule has 2 unspecified atom stereocenters. The zero-order valence-electron chi connectivity index (χ0n) is 20.8. The van der Waals surface area contributed by atoms with Gasteiger partial charge in [-0.3, -0.25) is 9.59 Å². The number of halogens is 2. The zero-order chi connectivity index (χ0) is 26.1. The number of hydrogen-bond acceptors (Lipinski definition) is 3. The quantitative estimate of drug-likeness (QED) is 0.266. The standard InChI is InChI=1S/C29H32Cl2N2O2S/c1-4-21(3)32-29(35)27(16-22-8-6-5-7-9-22)33(18-23-12-13-24(30)17-26(23)31)28(34)19-36-25-14-10-20(2)11-15-25/h5-15,17,21,27H,4,16,18-19H2,1-3H3,(H,32,35). The van der Waals surface area contributed by atoms with Crippen LogP contribution in [0.15, 0.2) is 77.7 Å². The molecule has 0 saturated carbocycles. The highest BCUT2D eigenvalue weighted by atomic mass is 35.5. The summed E-state index contributed by atoms with van der Waals surface area (Å²) in [5.41, 5.74) is 2.88. The Kier molecular flexibility index (Phi) is 10.7. The van der Waals surface area contributed by atoms with Crippen LogP contribution in [0.25, 0.3) is 0 Å². The molecule has 190 valence electrons. The SMILES string of the molecule is CCC(C)NC(=O)C(Cc1ccccc1)N(Cc1ccc(Cl)cc1Cl)C(=O)CSc1ccc(C)cc1. The molecule has 0 spiro atoms. The first kappa shape index (κ1) is 28.1. The van der Waals surface area contributed by atoms with E-state index >= 15 is 0 Å². The van der Waals surface area contributed by atoms with Gasteiger partial charge in [-0.05, 0) is 55.7 Å². The van der Waals surface area contributed by atoms with Crippen LogP contribution in [0.4, 0.5) is 0 Å². The van der Waals surface area contributed by atoms with Crippen molar-refractivity contribution in [1.82, 2.24) is 10.2 Å². The summed E-state index contributed by atoms with van der Waals surface area (Å²) in [6.45, 7) is 6.22. The molecular formula is C29H32Cl2N2O2S. The van der Waals surface area contributed by atoms with Crippen LogP contribution >= 0.6 is 35.0 Å². The van der Waals surface area contributed by atoms with E-state index < -0.39 is 6.04 Å². The van der Waals surface area contributed by atoms with Crippen LogP contribution in [-0.2, 0) is 22.6 Å². The van der Waals surface area contributed by atoms with Crippen LogP contribution < -0.4 is 5.32 Å². The van der Waals surface area contributed by atoms with E-state index in [1.165, 1.54) is 11.8 Å². The molecule has 2 amide bonds. The number of carbonyl (C=O) groups is 2. The van der Waals surface area contributed by atoms with Crippen molar-refractivity contribution in [3.63, 3.8) is 0 Å². The average Bonchev–Trinajstić information content (AvgIpc) is 2.87. The highest BCUT2D eigenvalue weighted by Gasteiger charge is 2.31. The highest BCUT2D eigenvalue weighted by molar-refractivity contribution is 8.00. The van der Waals surface area contributed by atoms with E-state index in [0.29, 0.717) is 16.5 Å². The molecule has 7 heteroatoms. The topological polar surface area (TPSA) is 49.4 Å². The number of hydrogen-bond donors (Lipinski definition) is 1. The van der Waals surface area contributed by atoms with Gasteiger partial charge in [-0.15, -0.1) is 11.8 Å². The number of aryl methyl sites for hydroxylation is 1. The number of nitrogens with one attached hydrogen (secondary N) is 1. The molecule has 0 fully saturated rings. The lowest BCUT2D eigenvalue weighted by Crippen LogP contribution is -2.52. The molecule has 0 aromatic heterocycles. The van der Waals surface area contributed by atoms with E-state index in [4.69, 9.17) is 23.2 Å². The van der Waals surface area contributed by atoms with Crippen molar-refractivity contribution in [2.75, 3.05) is 5.75 Å². The molecule has 0 aliphatic carbocycles. The third-order valence-corrected chi connectivity index (χ3v) is 7.59. The van der Waals surface area contributed by atoms with Gasteiger partial charge >= 0.3 is 0 Å². The first-order valence-electron chi connectivity index (χ1n) is 12.0. The minimum absolute atomic E-state index is 0.00576. The molecule has 3 rings (SSSR count). The van der Waals surface area contributed by atoms with Gasteiger partial charge < -0.3 is 10.2 Å². The predicted octanol–water partition coefficient (Wildman–Crippen LogP) is 6.95. The van der Waals surface area contributed by atoms with Gasteiger partial charge in [-0.25, -0.2) is 0 Å². The number of thioether (sulfide) groups is 1. The Hall–Kier alpha value is -2.47. The van der Waals surface area contributed by atoms with Gasteiger partial charge in [0.1, 0.15) is 6.04 Å². The molecular weight excluding hydrogens is 511 g/mol. The van der Waals surface area contributed by atoms with Gasteiger partial charge in [0.25, 0.3) is 0 Å². The number of amides is 2. The van der Waals surface area contributed by atoms with Crippen molar-refractivity contribution in [2.24, 2.45) is 0 Å². The van der Waals surface area contributed by atoms with Crippen LogP contribution in [0, 0.1) is 6.92 Å². The van der Waals surface area contributed by atoms with Crippen LogP contribution in [-0.4, -0.2) is 34.6 Å². The van der Waals surface area contributed by atoms with Gasteiger partial charge in [-0.2, -0.15) is 0 Å². The molecule has 0 bridgehead atoms. The molecule has 3 aromatic carbocycles. The molecule has 3 aromatic rings. The second-order valence-corrected chi connectivity index (χ2v) is 10.8. The molecule has 0 saturated heterocycles. The first-order chi connectivity index (χ1) is 17.3. The molecule has 4 nitrogen and oxygen atoms in total. The molecule has 0 aliphatic heterocycles. The maximum absolute atomic E-state index is 13.7. The molecule has 0 radical (unpaired) electrons. The van der Waals surface area contributed by atoms with Crippen molar-refractivity contribution in [1.29, 1.82) is 0 Å². The van der Waals surface area contributed by atoms with Gasteiger partial charge in [0.2, 0.25) is 11.8 Å². The van der Waals surface area contributed by atoms with Gasteiger partial charge in [0, 0.05) is 33.9 Å². The predicted molar refractivity (Wildman–Crippen MR) is 151 cm³/mol. The molecule has 0 aliphatic rings. The third kappa shape index (κ3) is 8.29. The summed E-state index contributed by atoms with van der Waals surface area (Å²) in [4.78, 5) is 29.9. The van der Waals surface area contributed by atoms with Crippen molar-refractivity contribution < 1.29 is 9.59 Å². The van der Waals surface area contributed by atoms with Gasteiger partial charge in [-0.1, -0.05) is 84.2 Å². The van der Waals surface area contributed by atoms with Crippen molar-refractivity contribution in [3.8, 4) is 0 Å². The lowest BCUT2D eigenvalue weighted by atomic mass is 10.0. The van der Waals surface area contributed by atoms with E-state index in [1.807, 2.05) is 81.4 Å². The molecule has 0 heterocycles. The van der Waals surface area contributed by atoms with E-state index in [-0.39, 0.29) is 30.2 Å². The van der Waals surface area contributed by atoms with Crippen molar-refractivity contribution in [2.45, 2.75) is 57.1 Å². The van der Waals surface area contributed by atoms with Crippen LogP contribution in [0.1, 0.15) is 37.0 Å². The summed E-state index contributed by atoms with van der Waals surface area (Å²) in [6, 6.07) is 22.3. The fraction of sp³-hybridized carbons (Fsp3) is 0.310. The highest BCUT2D eigenvalue weighted by Crippen LogP contribution is 2.26. The average molecular weight is 544 g/mol. The largest absolute Gasteiger partial charge is 0.352 e. The Morgan fingerprint density at radius 3 is 2.33 bits per heavy atom. The molecule has 2 atom stereocenters. The van der Waals surface area contributed by atoms with Crippen LogP contribution in [0.5, 0.6) is 0 Å². The fourth-order valence-electron chi connectivity index (χ4n) is 3.69. The lowest BCUT2D eigenvalue weighted by molar-refractivity contribution is -0.139. The second-order valence-electron chi connectivity index (χ2n) is 8.88. The number of nitrogens with zero attached hydrogens (tertiary/aromatic N) is 1. The number of carbonyl (C=O) groups excluding carboxylic acids is 2. The van der Waals surface area contributed by atoms with Gasteiger partial charge in [0.15, 0.2) is 0 Å². The summed E-state index contributed by atoms with van der Waals surface area (Å²) in [5, 5.41) is 4.07. The van der Waals surface area contributed by atoms with E-state index in [1.54, 1.807) is 17.0 Å². The number of rotatable bonds is 11. The van der Waals surface area contributed by atoms with Crippen molar-refractivity contribution in [3.05, 3.63) is 99.5 Å². The minimum Gasteiger partial charge on any atom is -0.352 e. The smallest absolute Gasteiger partial charge is 0.243 e. The lowest BCUT2D eigenvalue weighted by Gasteiger charge is -2.32. The molecule has 1 N–H and O–H groups in total. The van der Waals surface area contributed by atoms with Crippen molar-refractivity contribution >= 4 is 46.8 Å². The zero-order valence-corrected chi connectivity index (χ0v) is 23.2. The first-order valence-corrected chi connectivity index (χ1v) is 13.8. The summed E-state index contributed by atoms with van der Waals surface area (Å²) in [5.74, 6) is -0.102. The normalized spacial score (nSPS) is 12.6. The summed E-state index contributed by atoms with van der Waals surface area (Å²) >= 11 is 14.1. The molecule has 36 heavy (non-hydrogen) atoms. The van der Waals surface area contributed by atoms with Crippen LogP contribution in [0.3, 0.4) is 0 Å². The Morgan fingerprint density at radius 1 is 1.00 bits per heavy atom. The summed E-state index contributed by atoms with van der Waals surface area (Å²) in [7, 11) is 0. The Bertz CT molecular complexity index is 1160. The Balaban J connectivity index is 1.93. The fourth-order valence-corrected chi connectivity index (χ4v) is 4.94. The summed E-state index contributed by atoms with van der Waals surface area (Å²) < 4.78 is 0. The second kappa shape index (κ2) is 13.7.